The lowest BCUT2D eigenvalue weighted by atomic mass is 10.0. The Morgan fingerprint density at radius 1 is 1.06 bits per heavy atom. The highest BCUT2D eigenvalue weighted by Crippen LogP contribution is 2.30. The number of methoxy groups -OCH3 is 1. The average Bonchev–Trinajstić information content (AvgIpc) is 3.33. The molecule has 0 spiro atoms. The van der Waals surface area contributed by atoms with Gasteiger partial charge in [-0.25, -0.2) is 4.68 Å². The van der Waals surface area contributed by atoms with Gasteiger partial charge in [0.15, 0.2) is 5.82 Å². The van der Waals surface area contributed by atoms with Gasteiger partial charge in [0.05, 0.1) is 13.2 Å². The number of H-pyrrole nitrogens is 1. The van der Waals surface area contributed by atoms with Crippen molar-refractivity contribution in [2.75, 3.05) is 44.8 Å². The Morgan fingerprint density at radius 2 is 1.86 bits per heavy atom. The number of benzene rings is 2. The van der Waals surface area contributed by atoms with Crippen LogP contribution in [0.15, 0.2) is 47.3 Å². The van der Waals surface area contributed by atoms with Crippen LogP contribution >= 0.6 is 0 Å². The van der Waals surface area contributed by atoms with E-state index in [9.17, 15) is 4.79 Å². The Hall–Kier alpha value is -3.56. The molecular formula is C27H33N7O2. The molecule has 9 heteroatoms. The van der Waals surface area contributed by atoms with E-state index in [-0.39, 0.29) is 11.6 Å². The van der Waals surface area contributed by atoms with Gasteiger partial charge in [-0.2, -0.15) is 0 Å². The van der Waals surface area contributed by atoms with Crippen LogP contribution in [0.1, 0.15) is 34.1 Å². The van der Waals surface area contributed by atoms with Gasteiger partial charge in [0.1, 0.15) is 6.04 Å². The number of rotatable bonds is 7. The van der Waals surface area contributed by atoms with E-state index < -0.39 is 0 Å². The van der Waals surface area contributed by atoms with Gasteiger partial charge < -0.3 is 14.6 Å². The molecule has 9 nitrogen and oxygen atoms in total. The molecule has 1 saturated heterocycles. The lowest BCUT2D eigenvalue weighted by molar-refractivity contribution is 0.171. The minimum atomic E-state index is -0.368. The molecular weight excluding hydrogens is 454 g/mol. The number of aromatic amines is 1. The number of piperazine rings is 1. The molecule has 5 rings (SSSR count). The van der Waals surface area contributed by atoms with E-state index in [1.165, 1.54) is 16.8 Å². The average molecular weight is 488 g/mol. The van der Waals surface area contributed by atoms with Crippen molar-refractivity contribution in [3.05, 3.63) is 80.9 Å². The highest BCUT2D eigenvalue weighted by atomic mass is 16.5. The molecule has 0 saturated carbocycles. The zero-order valence-electron chi connectivity index (χ0n) is 21.4. The molecule has 0 bridgehead atoms. The molecule has 1 aliphatic rings. The second-order valence-corrected chi connectivity index (χ2v) is 9.54. The van der Waals surface area contributed by atoms with Crippen LogP contribution in [0, 0.1) is 20.8 Å². The van der Waals surface area contributed by atoms with Crippen LogP contribution in [-0.2, 0) is 11.3 Å². The zero-order chi connectivity index (χ0) is 25.2. The number of anilines is 1. The van der Waals surface area contributed by atoms with Gasteiger partial charge in [-0.1, -0.05) is 24.3 Å². The normalized spacial score (nSPS) is 15.5. The third kappa shape index (κ3) is 4.64. The van der Waals surface area contributed by atoms with E-state index in [2.05, 4.69) is 68.4 Å². The summed E-state index contributed by atoms with van der Waals surface area (Å²) in [5, 5.41) is 13.6. The van der Waals surface area contributed by atoms with E-state index >= 15 is 0 Å². The number of pyridine rings is 1. The van der Waals surface area contributed by atoms with Gasteiger partial charge in [-0.15, -0.1) is 5.10 Å². The first kappa shape index (κ1) is 24.1. The van der Waals surface area contributed by atoms with Gasteiger partial charge in [0, 0.05) is 50.1 Å². The smallest absolute Gasteiger partial charge is 0.253 e. The molecule has 1 atom stereocenters. The van der Waals surface area contributed by atoms with Crippen molar-refractivity contribution in [3.8, 4) is 0 Å². The highest BCUT2D eigenvalue weighted by Gasteiger charge is 2.33. The predicted molar refractivity (Wildman–Crippen MR) is 141 cm³/mol. The fourth-order valence-electron chi connectivity index (χ4n) is 5.08. The molecule has 4 aromatic rings. The summed E-state index contributed by atoms with van der Waals surface area (Å²) in [6, 6.07) is 14.2. The van der Waals surface area contributed by atoms with Crippen LogP contribution in [0.3, 0.4) is 0 Å². The second-order valence-electron chi connectivity index (χ2n) is 9.54. The molecule has 0 aliphatic carbocycles. The first-order chi connectivity index (χ1) is 17.5. The highest BCUT2D eigenvalue weighted by molar-refractivity contribution is 5.79. The van der Waals surface area contributed by atoms with Crippen LogP contribution in [0.2, 0.25) is 0 Å². The minimum Gasteiger partial charge on any atom is -0.383 e. The summed E-state index contributed by atoms with van der Waals surface area (Å²) in [7, 11) is 1.66. The van der Waals surface area contributed by atoms with Crippen LogP contribution in [-0.4, -0.2) is 70.0 Å². The summed E-state index contributed by atoms with van der Waals surface area (Å²) in [5.41, 5.74) is 6.36. The molecule has 0 amide bonds. The van der Waals surface area contributed by atoms with E-state index in [0.29, 0.717) is 24.5 Å². The van der Waals surface area contributed by atoms with Crippen LogP contribution < -0.4 is 10.5 Å². The summed E-state index contributed by atoms with van der Waals surface area (Å²) < 4.78 is 7.03. The van der Waals surface area contributed by atoms with Crippen molar-refractivity contribution in [1.29, 1.82) is 0 Å². The van der Waals surface area contributed by atoms with E-state index in [0.717, 1.165) is 42.6 Å². The van der Waals surface area contributed by atoms with Gasteiger partial charge in [0.25, 0.3) is 5.56 Å². The molecule has 2 aromatic heterocycles. The largest absolute Gasteiger partial charge is 0.383 e. The van der Waals surface area contributed by atoms with Crippen LogP contribution in [0.25, 0.3) is 10.9 Å². The van der Waals surface area contributed by atoms with Crippen molar-refractivity contribution < 1.29 is 4.74 Å². The van der Waals surface area contributed by atoms with Crippen molar-refractivity contribution in [3.63, 3.8) is 0 Å². The Balaban J connectivity index is 1.52. The second kappa shape index (κ2) is 10.2. The molecule has 1 fully saturated rings. The number of nitrogens with zero attached hydrogens (tertiary/aromatic N) is 6. The first-order valence-electron chi connectivity index (χ1n) is 12.4. The maximum atomic E-state index is 13.4. The number of nitrogens with one attached hydrogen (secondary N) is 1. The molecule has 1 aliphatic heterocycles. The van der Waals surface area contributed by atoms with E-state index in [4.69, 9.17) is 4.74 Å². The van der Waals surface area contributed by atoms with Crippen molar-refractivity contribution in [1.82, 2.24) is 30.1 Å². The number of ether oxygens (including phenoxy) is 1. The van der Waals surface area contributed by atoms with Gasteiger partial charge in [-0.3, -0.25) is 9.69 Å². The van der Waals surface area contributed by atoms with Crippen LogP contribution in [0.5, 0.6) is 0 Å². The lowest BCUT2D eigenvalue weighted by Crippen LogP contribution is -2.49. The lowest BCUT2D eigenvalue weighted by Gasteiger charge is -2.40. The third-order valence-electron chi connectivity index (χ3n) is 7.23. The summed E-state index contributed by atoms with van der Waals surface area (Å²) in [4.78, 5) is 21.3. The predicted octanol–water partition coefficient (Wildman–Crippen LogP) is 3.00. The molecule has 1 N–H and O–H groups in total. The Kier molecular flexibility index (Phi) is 6.84. The number of aromatic nitrogens is 5. The Morgan fingerprint density at radius 3 is 2.64 bits per heavy atom. The number of fused-ring (bicyclic) bond motifs is 1. The number of aryl methyl sites for hydroxylation is 2. The summed E-state index contributed by atoms with van der Waals surface area (Å²) in [6.45, 7) is 10.6. The van der Waals surface area contributed by atoms with Crippen molar-refractivity contribution in [2.45, 2.75) is 33.4 Å². The summed E-state index contributed by atoms with van der Waals surface area (Å²) in [5.74, 6) is 0.657. The topological polar surface area (TPSA) is 92.2 Å². The summed E-state index contributed by atoms with van der Waals surface area (Å²) >= 11 is 0. The van der Waals surface area contributed by atoms with Gasteiger partial charge in [-0.05, 0) is 71.5 Å². The number of hydrogen-bond donors (Lipinski definition) is 1. The maximum Gasteiger partial charge on any atom is 0.253 e. The minimum absolute atomic E-state index is 0.114. The van der Waals surface area contributed by atoms with Crippen LogP contribution in [0.4, 0.5) is 5.69 Å². The molecule has 3 heterocycles. The summed E-state index contributed by atoms with van der Waals surface area (Å²) in [6.07, 6.45) is 0. The molecule has 36 heavy (non-hydrogen) atoms. The number of tetrazole rings is 1. The Labute approximate surface area is 210 Å². The quantitative estimate of drug-likeness (QED) is 0.428. The first-order valence-corrected chi connectivity index (χ1v) is 12.4. The molecule has 1 unspecified atom stereocenters. The maximum absolute atomic E-state index is 13.4. The standard InChI is InChI=1S/C27H33N7O2/c1-18-8-9-21-17-22(27(35)28-23(21)16-18)25(26-29-30-31-34(26)14-15-36-4)33-12-10-32(11-13-33)24-7-5-6-19(2)20(24)3/h5-9,16-17,25H,10-15H2,1-4H3,(H,28,35). The monoisotopic (exact) mass is 487 g/mol. The fourth-order valence-corrected chi connectivity index (χ4v) is 5.08. The number of hydrogen-bond acceptors (Lipinski definition) is 7. The van der Waals surface area contributed by atoms with E-state index in [1.807, 2.05) is 25.1 Å². The zero-order valence-corrected chi connectivity index (χ0v) is 21.4. The fraction of sp³-hybridized carbons (Fsp3) is 0.407. The third-order valence-corrected chi connectivity index (χ3v) is 7.23. The SMILES string of the molecule is COCCn1nnnc1C(c1cc2ccc(C)cc2[nH]c1=O)N1CCN(c2cccc(C)c2C)CC1. The molecule has 188 valence electrons. The van der Waals surface area contributed by atoms with Gasteiger partial charge in [0.2, 0.25) is 0 Å². The Bertz CT molecular complexity index is 1420. The van der Waals surface area contributed by atoms with Crippen molar-refractivity contribution in [2.24, 2.45) is 0 Å². The van der Waals surface area contributed by atoms with Crippen molar-refractivity contribution >= 4 is 16.6 Å². The molecule has 2 aromatic carbocycles. The van der Waals surface area contributed by atoms with E-state index in [1.54, 1.807) is 11.8 Å². The van der Waals surface area contributed by atoms with Gasteiger partial charge >= 0.3 is 0 Å². The molecule has 0 radical (unpaired) electrons.